The zero-order valence-electron chi connectivity index (χ0n) is 12.9. The minimum absolute atomic E-state index is 0.0724. The Bertz CT molecular complexity index is 827. The Labute approximate surface area is 138 Å². The van der Waals surface area contributed by atoms with Crippen molar-refractivity contribution in [2.45, 2.75) is 12.1 Å². The third-order valence-electron chi connectivity index (χ3n) is 3.33. The van der Waals surface area contributed by atoms with Gasteiger partial charge in [-0.2, -0.15) is 0 Å². The van der Waals surface area contributed by atoms with Crippen molar-refractivity contribution >= 4 is 34.4 Å². The number of amides is 1. The van der Waals surface area contributed by atoms with Gasteiger partial charge < -0.3 is 15.0 Å². The van der Waals surface area contributed by atoms with Gasteiger partial charge in [-0.05, 0) is 48.9 Å². The summed E-state index contributed by atoms with van der Waals surface area (Å²) in [5, 5.41) is 3.60. The molecule has 0 bridgehead atoms. The van der Waals surface area contributed by atoms with E-state index in [0.717, 1.165) is 27.6 Å². The first kappa shape index (κ1) is 15.4. The molecule has 0 spiro atoms. The molecular weight excluding hydrogens is 310 g/mol. The number of nitrogens with one attached hydrogen (secondary N) is 2. The molecule has 0 fully saturated rings. The van der Waals surface area contributed by atoms with Crippen LogP contribution in [0.5, 0.6) is 5.75 Å². The number of imidazole rings is 1. The van der Waals surface area contributed by atoms with Crippen LogP contribution in [0.3, 0.4) is 0 Å². The molecule has 0 aliphatic rings. The molecule has 6 heteroatoms. The summed E-state index contributed by atoms with van der Waals surface area (Å²) in [7, 11) is 1.61. The number of carbonyl (C=O) groups is 1. The molecule has 0 aliphatic heterocycles. The number of aromatic amines is 1. The third-order valence-corrected chi connectivity index (χ3v) is 4.20. The summed E-state index contributed by atoms with van der Waals surface area (Å²) < 4.78 is 5.09. The van der Waals surface area contributed by atoms with E-state index in [4.69, 9.17) is 4.74 Å². The van der Waals surface area contributed by atoms with Crippen LogP contribution in [0.2, 0.25) is 0 Å². The Morgan fingerprint density at radius 2 is 2.04 bits per heavy atom. The molecule has 2 aromatic carbocycles. The van der Waals surface area contributed by atoms with Crippen LogP contribution in [-0.2, 0) is 4.79 Å². The number of thioether (sulfide) groups is 1. The second-order valence-electron chi connectivity index (χ2n) is 5.13. The Balaban J connectivity index is 1.58. The number of anilines is 1. The van der Waals surface area contributed by atoms with Gasteiger partial charge in [0.25, 0.3) is 0 Å². The third kappa shape index (κ3) is 3.84. The molecular formula is C17H17N3O2S. The second-order valence-corrected chi connectivity index (χ2v) is 6.09. The van der Waals surface area contributed by atoms with Gasteiger partial charge >= 0.3 is 0 Å². The lowest BCUT2D eigenvalue weighted by Gasteiger charge is -2.05. The zero-order valence-corrected chi connectivity index (χ0v) is 13.7. The lowest BCUT2D eigenvalue weighted by Crippen LogP contribution is -2.13. The van der Waals surface area contributed by atoms with Crippen LogP contribution in [0.15, 0.2) is 47.6 Å². The summed E-state index contributed by atoms with van der Waals surface area (Å²) in [6.07, 6.45) is 0. The maximum Gasteiger partial charge on any atom is 0.234 e. The second kappa shape index (κ2) is 6.75. The van der Waals surface area contributed by atoms with Crippen molar-refractivity contribution in [2.75, 3.05) is 18.2 Å². The summed E-state index contributed by atoms with van der Waals surface area (Å²) in [6, 6.07) is 13.3. The smallest absolute Gasteiger partial charge is 0.234 e. The lowest BCUT2D eigenvalue weighted by molar-refractivity contribution is -0.113. The average Bonchev–Trinajstić information content (AvgIpc) is 2.95. The number of fused-ring (bicyclic) bond motifs is 1. The predicted molar refractivity (Wildman–Crippen MR) is 93.2 cm³/mol. The number of carbonyl (C=O) groups excluding carboxylic acids is 1. The van der Waals surface area contributed by atoms with Crippen LogP contribution in [-0.4, -0.2) is 28.7 Å². The normalized spacial score (nSPS) is 10.7. The molecule has 0 radical (unpaired) electrons. The van der Waals surface area contributed by atoms with E-state index in [1.165, 1.54) is 17.3 Å². The maximum atomic E-state index is 12.0. The van der Waals surface area contributed by atoms with E-state index in [9.17, 15) is 4.79 Å². The number of hydrogen-bond acceptors (Lipinski definition) is 4. The quantitative estimate of drug-likeness (QED) is 0.703. The summed E-state index contributed by atoms with van der Waals surface area (Å²) in [4.78, 5) is 19.7. The number of aromatic nitrogens is 2. The monoisotopic (exact) mass is 327 g/mol. The molecule has 0 saturated carbocycles. The van der Waals surface area contributed by atoms with Gasteiger partial charge in [-0.1, -0.05) is 17.8 Å². The van der Waals surface area contributed by atoms with Crippen LogP contribution in [0.4, 0.5) is 5.69 Å². The molecule has 2 N–H and O–H groups in total. The van der Waals surface area contributed by atoms with Crippen molar-refractivity contribution in [1.82, 2.24) is 9.97 Å². The summed E-state index contributed by atoms with van der Waals surface area (Å²) >= 11 is 1.38. The summed E-state index contributed by atoms with van der Waals surface area (Å²) in [5.41, 5.74) is 3.82. The van der Waals surface area contributed by atoms with Gasteiger partial charge in [0.05, 0.1) is 23.9 Å². The number of ether oxygens (including phenoxy) is 1. The fourth-order valence-corrected chi connectivity index (χ4v) is 2.86. The number of benzene rings is 2. The van der Waals surface area contributed by atoms with E-state index < -0.39 is 0 Å². The Morgan fingerprint density at radius 3 is 2.78 bits per heavy atom. The van der Waals surface area contributed by atoms with Crippen LogP contribution < -0.4 is 10.1 Å². The molecule has 3 aromatic rings. The largest absolute Gasteiger partial charge is 0.497 e. The molecule has 0 aliphatic carbocycles. The van der Waals surface area contributed by atoms with Crippen molar-refractivity contribution < 1.29 is 9.53 Å². The highest BCUT2D eigenvalue weighted by molar-refractivity contribution is 7.99. The topological polar surface area (TPSA) is 67.0 Å². The van der Waals surface area contributed by atoms with Crippen molar-refractivity contribution in [1.29, 1.82) is 0 Å². The molecule has 3 rings (SSSR count). The standard InChI is InChI=1S/C17H17N3O2S/c1-11-3-8-14-15(9-11)20-17(19-14)23-10-16(21)18-12-4-6-13(22-2)7-5-12/h3-9H,10H2,1-2H3,(H,18,21)(H,19,20). The van der Waals surface area contributed by atoms with E-state index in [2.05, 4.69) is 15.3 Å². The van der Waals surface area contributed by atoms with Crippen LogP contribution in [0.25, 0.3) is 11.0 Å². The van der Waals surface area contributed by atoms with E-state index in [1.54, 1.807) is 7.11 Å². The van der Waals surface area contributed by atoms with Crippen molar-refractivity contribution in [3.05, 3.63) is 48.0 Å². The summed E-state index contributed by atoms with van der Waals surface area (Å²) in [5.74, 6) is 0.983. The Morgan fingerprint density at radius 1 is 1.26 bits per heavy atom. The lowest BCUT2D eigenvalue weighted by atomic mass is 10.2. The van der Waals surface area contributed by atoms with Gasteiger partial charge in [0.15, 0.2) is 5.16 Å². The molecule has 23 heavy (non-hydrogen) atoms. The first-order valence-electron chi connectivity index (χ1n) is 7.17. The molecule has 0 atom stereocenters. The Kier molecular flexibility index (Phi) is 4.52. The molecule has 118 valence electrons. The maximum absolute atomic E-state index is 12.0. The predicted octanol–water partition coefficient (Wildman–Crippen LogP) is 3.61. The van der Waals surface area contributed by atoms with Gasteiger partial charge in [-0.3, -0.25) is 4.79 Å². The molecule has 0 saturated heterocycles. The SMILES string of the molecule is COc1ccc(NC(=O)CSc2nc3ccc(C)cc3[nH]2)cc1. The van der Waals surface area contributed by atoms with Crippen LogP contribution in [0.1, 0.15) is 5.56 Å². The average molecular weight is 327 g/mol. The van der Waals surface area contributed by atoms with Gasteiger partial charge in [0, 0.05) is 5.69 Å². The van der Waals surface area contributed by atoms with Crippen LogP contribution in [0, 0.1) is 6.92 Å². The van der Waals surface area contributed by atoms with E-state index in [0.29, 0.717) is 5.75 Å². The number of aryl methyl sites for hydroxylation is 1. The summed E-state index contributed by atoms with van der Waals surface area (Å²) in [6.45, 7) is 2.04. The molecule has 1 amide bonds. The number of methoxy groups -OCH3 is 1. The van der Waals surface area contributed by atoms with Crippen molar-refractivity contribution in [3.8, 4) is 5.75 Å². The first-order valence-corrected chi connectivity index (χ1v) is 8.16. The fraction of sp³-hybridized carbons (Fsp3) is 0.176. The van der Waals surface area contributed by atoms with Gasteiger partial charge in [0.2, 0.25) is 5.91 Å². The first-order chi connectivity index (χ1) is 11.1. The highest BCUT2D eigenvalue weighted by atomic mass is 32.2. The highest BCUT2D eigenvalue weighted by Gasteiger charge is 2.08. The van der Waals surface area contributed by atoms with Gasteiger partial charge in [0.1, 0.15) is 5.75 Å². The van der Waals surface area contributed by atoms with Crippen molar-refractivity contribution in [3.63, 3.8) is 0 Å². The Hall–Kier alpha value is -2.47. The molecule has 0 unspecified atom stereocenters. The number of hydrogen-bond donors (Lipinski definition) is 2. The van der Waals surface area contributed by atoms with E-state index >= 15 is 0 Å². The van der Waals surface area contributed by atoms with E-state index in [1.807, 2.05) is 49.4 Å². The van der Waals surface area contributed by atoms with Crippen molar-refractivity contribution in [2.24, 2.45) is 0 Å². The van der Waals surface area contributed by atoms with Crippen LogP contribution >= 0.6 is 11.8 Å². The molecule has 1 aromatic heterocycles. The van der Waals surface area contributed by atoms with Gasteiger partial charge in [-0.15, -0.1) is 0 Å². The minimum atomic E-state index is -0.0724. The number of rotatable bonds is 5. The molecule has 5 nitrogen and oxygen atoms in total. The number of nitrogens with zero attached hydrogens (tertiary/aromatic N) is 1. The molecule has 1 heterocycles. The highest BCUT2D eigenvalue weighted by Crippen LogP contribution is 2.21. The van der Waals surface area contributed by atoms with E-state index in [-0.39, 0.29) is 5.91 Å². The fourth-order valence-electron chi connectivity index (χ4n) is 2.17. The minimum Gasteiger partial charge on any atom is -0.497 e. The zero-order chi connectivity index (χ0) is 16.2. The number of H-pyrrole nitrogens is 1. The van der Waals surface area contributed by atoms with Gasteiger partial charge in [-0.25, -0.2) is 4.98 Å².